The molecule has 1 saturated heterocycles. The van der Waals surface area contributed by atoms with Crippen molar-refractivity contribution in [1.82, 2.24) is 19.3 Å². The maximum absolute atomic E-state index is 11.2. The van der Waals surface area contributed by atoms with E-state index in [0.717, 1.165) is 12.8 Å². The fraction of sp³-hybridized carbons (Fsp3) is 0.417. The average Bonchev–Trinajstić information content (AvgIpc) is 2.82. The van der Waals surface area contributed by atoms with Gasteiger partial charge in [0.15, 0.2) is 5.15 Å². The van der Waals surface area contributed by atoms with Crippen molar-refractivity contribution in [3.05, 3.63) is 26.9 Å². The summed E-state index contributed by atoms with van der Waals surface area (Å²) in [4.78, 5) is 21.0. The molecule has 1 N–H and O–H groups in total. The molecule has 1 atom stereocenters. The first-order valence-electron chi connectivity index (χ1n) is 6.34. The van der Waals surface area contributed by atoms with Gasteiger partial charge >= 0.3 is 6.09 Å². The standard InChI is InChI=1S/C12H11BrCl2N4O2/c13-9-8-10(15)16-4-7(14)19(8)11(17-9)6-2-1-3-18(5-6)12(20)21/h4,6H,1-3,5H2,(H,20,21). The number of imidazole rings is 1. The molecule has 0 spiro atoms. The topological polar surface area (TPSA) is 70.7 Å². The molecule has 1 amide bonds. The molecule has 21 heavy (non-hydrogen) atoms. The van der Waals surface area contributed by atoms with Crippen molar-refractivity contribution in [2.45, 2.75) is 18.8 Å². The summed E-state index contributed by atoms with van der Waals surface area (Å²) < 4.78 is 2.29. The Hall–Kier alpha value is -1.05. The number of amides is 1. The molecule has 1 unspecified atom stereocenters. The molecule has 6 nitrogen and oxygen atoms in total. The molecule has 0 radical (unpaired) electrons. The van der Waals surface area contributed by atoms with E-state index in [1.54, 1.807) is 4.40 Å². The van der Waals surface area contributed by atoms with Crippen LogP contribution in [-0.2, 0) is 0 Å². The summed E-state index contributed by atoms with van der Waals surface area (Å²) in [6.07, 6.45) is 2.20. The zero-order chi connectivity index (χ0) is 15.1. The van der Waals surface area contributed by atoms with Crippen LogP contribution in [0.1, 0.15) is 24.6 Å². The van der Waals surface area contributed by atoms with Crippen LogP contribution >= 0.6 is 39.1 Å². The molecule has 3 rings (SSSR count). The quantitative estimate of drug-likeness (QED) is 0.802. The number of halogens is 3. The van der Waals surface area contributed by atoms with Crippen LogP contribution in [0.5, 0.6) is 0 Å². The van der Waals surface area contributed by atoms with Gasteiger partial charge in [0.1, 0.15) is 21.1 Å². The third-order valence-corrected chi connectivity index (χ3v) is 4.71. The average molecular weight is 394 g/mol. The Bertz CT molecular complexity index is 721. The number of carboxylic acid groups (broad SMARTS) is 1. The molecule has 0 aliphatic carbocycles. The Balaban J connectivity index is 2.09. The second-order valence-electron chi connectivity index (χ2n) is 4.88. The highest BCUT2D eigenvalue weighted by Crippen LogP contribution is 2.34. The highest BCUT2D eigenvalue weighted by Gasteiger charge is 2.29. The molecular formula is C12H11BrCl2N4O2. The lowest BCUT2D eigenvalue weighted by Crippen LogP contribution is -2.38. The van der Waals surface area contributed by atoms with Crippen molar-refractivity contribution in [2.75, 3.05) is 13.1 Å². The van der Waals surface area contributed by atoms with Gasteiger partial charge in [0.05, 0.1) is 6.20 Å². The summed E-state index contributed by atoms with van der Waals surface area (Å²) in [7, 11) is 0. The van der Waals surface area contributed by atoms with Crippen molar-refractivity contribution in [1.29, 1.82) is 0 Å². The molecule has 3 heterocycles. The third-order valence-electron chi connectivity index (χ3n) is 3.61. The lowest BCUT2D eigenvalue weighted by molar-refractivity contribution is 0.129. The van der Waals surface area contributed by atoms with Crippen molar-refractivity contribution in [2.24, 2.45) is 0 Å². The van der Waals surface area contributed by atoms with Crippen molar-refractivity contribution in [3.63, 3.8) is 0 Å². The highest BCUT2D eigenvalue weighted by atomic mass is 79.9. The molecule has 0 saturated carbocycles. The Labute approximate surface area is 138 Å². The predicted octanol–water partition coefficient (Wildman–Crippen LogP) is 3.66. The summed E-state index contributed by atoms with van der Waals surface area (Å²) in [5.41, 5.74) is 0.603. The Morgan fingerprint density at radius 1 is 1.48 bits per heavy atom. The molecule has 112 valence electrons. The fourth-order valence-corrected chi connectivity index (χ4v) is 3.77. The fourth-order valence-electron chi connectivity index (χ4n) is 2.67. The summed E-state index contributed by atoms with van der Waals surface area (Å²) in [6, 6.07) is 0. The van der Waals surface area contributed by atoms with Gasteiger partial charge < -0.3 is 10.0 Å². The van der Waals surface area contributed by atoms with Crippen molar-refractivity contribution >= 4 is 50.7 Å². The van der Waals surface area contributed by atoms with E-state index in [1.165, 1.54) is 11.1 Å². The molecule has 2 aromatic heterocycles. The monoisotopic (exact) mass is 392 g/mol. The van der Waals surface area contributed by atoms with Crippen LogP contribution in [0, 0.1) is 0 Å². The zero-order valence-corrected chi connectivity index (χ0v) is 13.9. The van der Waals surface area contributed by atoms with Crippen LogP contribution in [0.4, 0.5) is 4.79 Å². The first-order valence-corrected chi connectivity index (χ1v) is 7.89. The van der Waals surface area contributed by atoms with E-state index < -0.39 is 6.09 Å². The molecule has 1 aliphatic rings. The van der Waals surface area contributed by atoms with Gasteiger partial charge in [-0.3, -0.25) is 4.40 Å². The van der Waals surface area contributed by atoms with Gasteiger partial charge in [-0.25, -0.2) is 14.8 Å². The second-order valence-corrected chi connectivity index (χ2v) is 6.38. The first-order chi connectivity index (χ1) is 9.99. The largest absolute Gasteiger partial charge is 0.465 e. The van der Waals surface area contributed by atoms with Gasteiger partial charge in [-0.2, -0.15) is 0 Å². The van der Waals surface area contributed by atoms with Crippen LogP contribution < -0.4 is 0 Å². The summed E-state index contributed by atoms with van der Waals surface area (Å²) >= 11 is 15.7. The summed E-state index contributed by atoms with van der Waals surface area (Å²) in [5, 5.41) is 9.85. The third kappa shape index (κ3) is 2.58. The van der Waals surface area contributed by atoms with Gasteiger partial charge in [0, 0.05) is 19.0 Å². The molecule has 0 aromatic carbocycles. The zero-order valence-electron chi connectivity index (χ0n) is 10.8. The Morgan fingerprint density at radius 2 is 2.24 bits per heavy atom. The second kappa shape index (κ2) is 5.62. The van der Waals surface area contributed by atoms with Crippen LogP contribution in [0.3, 0.4) is 0 Å². The SMILES string of the molecule is O=C(O)N1CCCC(c2nc(Br)c3c(Cl)ncc(Cl)n23)C1. The number of likely N-dealkylation sites (tertiary alicyclic amines) is 1. The van der Waals surface area contributed by atoms with Gasteiger partial charge in [0.25, 0.3) is 0 Å². The molecule has 9 heteroatoms. The minimum absolute atomic E-state index is 0.0235. The lowest BCUT2D eigenvalue weighted by Gasteiger charge is -2.30. The Kier molecular flexibility index (Phi) is 3.98. The minimum Gasteiger partial charge on any atom is -0.465 e. The normalized spacial score (nSPS) is 19.2. The van der Waals surface area contributed by atoms with E-state index in [9.17, 15) is 4.79 Å². The first kappa shape index (κ1) is 14.9. The van der Waals surface area contributed by atoms with E-state index >= 15 is 0 Å². The number of rotatable bonds is 1. The maximum atomic E-state index is 11.2. The maximum Gasteiger partial charge on any atom is 0.407 e. The van der Waals surface area contributed by atoms with E-state index in [0.29, 0.717) is 39.3 Å². The van der Waals surface area contributed by atoms with E-state index in [-0.39, 0.29) is 5.92 Å². The molecular weight excluding hydrogens is 383 g/mol. The molecule has 0 bridgehead atoms. The predicted molar refractivity (Wildman–Crippen MR) is 82.3 cm³/mol. The van der Waals surface area contributed by atoms with Crippen LogP contribution in [0.15, 0.2) is 10.8 Å². The summed E-state index contributed by atoms with van der Waals surface area (Å²) in [5.74, 6) is 0.682. The number of hydrogen-bond donors (Lipinski definition) is 1. The van der Waals surface area contributed by atoms with Crippen LogP contribution in [0.25, 0.3) is 5.52 Å². The van der Waals surface area contributed by atoms with Gasteiger partial charge in [-0.1, -0.05) is 23.2 Å². The number of fused-ring (bicyclic) bond motifs is 1. The Morgan fingerprint density at radius 3 is 2.95 bits per heavy atom. The van der Waals surface area contributed by atoms with Gasteiger partial charge in [-0.15, -0.1) is 0 Å². The minimum atomic E-state index is -0.912. The number of nitrogens with zero attached hydrogens (tertiary/aromatic N) is 4. The van der Waals surface area contributed by atoms with Crippen LogP contribution in [0.2, 0.25) is 10.3 Å². The van der Waals surface area contributed by atoms with E-state index in [4.69, 9.17) is 28.3 Å². The number of carbonyl (C=O) groups is 1. The lowest BCUT2D eigenvalue weighted by atomic mass is 9.97. The van der Waals surface area contributed by atoms with Gasteiger partial charge in [0.2, 0.25) is 0 Å². The molecule has 2 aromatic rings. The molecule has 1 aliphatic heterocycles. The number of piperidine rings is 1. The smallest absolute Gasteiger partial charge is 0.407 e. The summed E-state index contributed by atoms with van der Waals surface area (Å²) in [6.45, 7) is 0.948. The van der Waals surface area contributed by atoms with E-state index in [2.05, 4.69) is 25.9 Å². The number of aromatic nitrogens is 3. The highest BCUT2D eigenvalue weighted by molar-refractivity contribution is 9.10. The molecule has 1 fully saturated rings. The van der Waals surface area contributed by atoms with Gasteiger partial charge in [-0.05, 0) is 28.8 Å². The van der Waals surface area contributed by atoms with Crippen molar-refractivity contribution < 1.29 is 9.90 Å². The van der Waals surface area contributed by atoms with Crippen LogP contribution in [-0.4, -0.2) is 43.6 Å². The van der Waals surface area contributed by atoms with Crippen molar-refractivity contribution in [3.8, 4) is 0 Å². The van der Waals surface area contributed by atoms with E-state index in [1.807, 2.05) is 0 Å². The number of hydrogen-bond acceptors (Lipinski definition) is 3.